The van der Waals surface area contributed by atoms with Crippen molar-refractivity contribution in [3.05, 3.63) is 103 Å². The molecule has 8 heteroatoms. The number of imide groups is 1. The molecule has 3 amide bonds. The molecule has 1 aliphatic carbocycles. The number of benzene rings is 3. The summed E-state index contributed by atoms with van der Waals surface area (Å²) in [6.07, 6.45) is 4.83. The lowest BCUT2D eigenvalue weighted by molar-refractivity contribution is -0.159. The first-order valence-corrected chi connectivity index (χ1v) is 12.8. The Bertz CT molecular complexity index is 1350. The summed E-state index contributed by atoms with van der Waals surface area (Å²) in [5.41, 5.74) is 1.27. The number of rotatable bonds is 9. The summed E-state index contributed by atoms with van der Waals surface area (Å²) in [5, 5.41) is 2.68. The molecule has 1 aliphatic heterocycles. The van der Waals surface area contributed by atoms with Gasteiger partial charge in [0.1, 0.15) is 17.5 Å². The summed E-state index contributed by atoms with van der Waals surface area (Å²) < 4.78 is 11.1. The fraction of sp³-hybridized carbons (Fsp3) is 0.226. The molecule has 0 saturated carbocycles. The molecule has 0 spiro atoms. The Balaban J connectivity index is 1.22. The second kappa shape index (κ2) is 11.8. The number of hydrogen-bond donors (Lipinski definition) is 1. The van der Waals surface area contributed by atoms with E-state index in [9.17, 15) is 19.2 Å². The Hall–Kier alpha value is -4.72. The van der Waals surface area contributed by atoms with Gasteiger partial charge in [-0.05, 0) is 54.8 Å². The van der Waals surface area contributed by atoms with Gasteiger partial charge in [-0.25, -0.2) is 4.79 Å². The third-order valence-electron chi connectivity index (χ3n) is 6.86. The van der Waals surface area contributed by atoms with Crippen LogP contribution in [0.2, 0.25) is 0 Å². The summed E-state index contributed by atoms with van der Waals surface area (Å²) in [6.45, 7) is -0.559. The fourth-order valence-electron chi connectivity index (χ4n) is 4.91. The van der Waals surface area contributed by atoms with E-state index in [4.69, 9.17) is 9.47 Å². The van der Waals surface area contributed by atoms with Crippen LogP contribution in [0.5, 0.6) is 11.5 Å². The van der Waals surface area contributed by atoms with Gasteiger partial charge < -0.3 is 14.8 Å². The molecule has 3 atom stereocenters. The molecular weight excluding hydrogens is 496 g/mol. The number of allylic oxidation sites excluding steroid dienone is 2. The number of amides is 3. The van der Waals surface area contributed by atoms with Crippen LogP contribution < -0.4 is 10.1 Å². The van der Waals surface area contributed by atoms with Crippen molar-refractivity contribution in [2.45, 2.75) is 25.3 Å². The second-order valence-electron chi connectivity index (χ2n) is 9.50. The molecule has 198 valence electrons. The first-order valence-electron chi connectivity index (χ1n) is 12.8. The molecular formula is C31H28N2O6. The highest BCUT2D eigenvalue weighted by atomic mass is 16.5. The van der Waals surface area contributed by atoms with Gasteiger partial charge in [0.05, 0.1) is 11.8 Å². The molecule has 5 rings (SSSR count). The van der Waals surface area contributed by atoms with Crippen molar-refractivity contribution >= 4 is 29.4 Å². The maximum atomic E-state index is 13.2. The summed E-state index contributed by atoms with van der Waals surface area (Å²) in [5.74, 6) is -1.72. The monoisotopic (exact) mass is 524 g/mol. The molecule has 39 heavy (non-hydrogen) atoms. The van der Waals surface area contributed by atoms with Gasteiger partial charge in [-0.15, -0.1) is 0 Å². The van der Waals surface area contributed by atoms with Crippen molar-refractivity contribution in [2.24, 2.45) is 11.8 Å². The molecule has 8 nitrogen and oxygen atoms in total. The minimum absolute atomic E-state index is 0.106. The maximum Gasteiger partial charge on any atom is 0.330 e. The van der Waals surface area contributed by atoms with E-state index < -0.39 is 36.4 Å². The minimum atomic E-state index is -1.15. The third-order valence-corrected chi connectivity index (χ3v) is 6.86. The predicted molar refractivity (Wildman–Crippen MR) is 144 cm³/mol. The molecule has 1 fully saturated rings. The van der Waals surface area contributed by atoms with Crippen LogP contribution >= 0.6 is 0 Å². The SMILES string of the molecule is O=C(COC(=O)[C@H](Cc1ccccc1)N1C(=O)[C@H]2CC=CC[C@H]2C1=O)Nc1ccc(Oc2ccccc2)cc1. The van der Waals surface area contributed by atoms with Crippen LogP contribution in [0.4, 0.5) is 5.69 Å². The van der Waals surface area contributed by atoms with Crippen molar-refractivity contribution in [3.63, 3.8) is 0 Å². The molecule has 1 N–H and O–H groups in total. The summed E-state index contributed by atoms with van der Waals surface area (Å²) >= 11 is 0. The zero-order valence-corrected chi connectivity index (χ0v) is 21.2. The van der Waals surface area contributed by atoms with E-state index in [0.717, 1.165) is 10.5 Å². The molecule has 3 aromatic carbocycles. The Labute approximate surface area is 226 Å². The van der Waals surface area contributed by atoms with Crippen LogP contribution in [0, 0.1) is 11.8 Å². The highest BCUT2D eigenvalue weighted by Crippen LogP contribution is 2.36. The number of anilines is 1. The molecule has 3 aromatic rings. The number of fused-ring (bicyclic) bond motifs is 1. The molecule has 1 saturated heterocycles. The second-order valence-corrected chi connectivity index (χ2v) is 9.50. The van der Waals surface area contributed by atoms with Crippen LogP contribution in [0.1, 0.15) is 18.4 Å². The number of ether oxygens (including phenoxy) is 2. The van der Waals surface area contributed by atoms with Gasteiger partial charge in [0.15, 0.2) is 6.61 Å². The number of carbonyl (C=O) groups excluding carboxylic acids is 4. The Kier molecular flexibility index (Phi) is 7.82. The Morgan fingerprint density at radius 2 is 1.36 bits per heavy atom. The highest BCUT2D eigenvalue weighted by molar-refractivity contribution is 6.08. The lowest BCUT2D eigenvalue weighted by Crippen LogP contribution is -2.48. The zero-order valence-electron chi connectivity index (χ0n) is 21.2. The number of likely N-dealkylation sites (tertiary alicyclic amines) is 1. The number of para-hydroxylation sites is 1. The zero-order chi connectivity index (χ0) is 27.2. The van der Waals surface area contributed by atoms with Crippen LogP contribution in [-0.2, 0) is 30.3 Å². The van der Waals surface area contributed by atoms with Gasteiger partial charge in [-0.3, -0.25) is 19.3 Å². The summed E-state index contributed by atoms with van der Waals surface area (Å²) in [4.78, 5) is 53.2. The molecule has 0 unspecified atom stereocenters. The van der Waals surface area contributed by atoms with Crippen molar-refractivity contribution in [1.82, 2.24) is 4.90 Å². The van der Waals surface area contributed by atoms with E-state index in [1.165, 1.54) is 0 Å². The van der Waals surface area contributed by atoms with Crippen molar-refractivity contribution in [1.29, 1.82) is 0 Å². The third kappa shape index (κ3) is 6.06. The lowest BCUT2D eigenvalue weighted by Gasteiger charge is -2.25. The number of nitrogens with one attached hydrogen (secondary N) is 1. The predicted octanol–water partition coefficient (Wildman–Crippen LogP) is 4.52. The number of carbonyl (C=O) groups is 4. The Morgan fingerprint density at radius 1 is 0.795 bits per heavy atom. The van der Waals surface area contributed by atoms with E-state index in [0.29, 0.717) is 30.0 Å². The van der Waals surface area contributed by atoms with Gasteiger partial charge >= 0.3 is 5.97 Å². The normalized spacial score (nSPS) is 18.8. The van der Waals surface area contributed by atoms with Gasteiger partial charge in [0.2, 0.25) is 11.8 Å². The minimum Gasteiger partial charge on any atom is -0.457 e. The molecule has 0 bridgehead atoms. The average Bonchev–Trinajstić information content (AvgIpc) is 3.22. The standard InChI is InChI=1S/C31H28N2O6/c34-28(32-22-15-17-24(18-16-22)39-23-11-5-2-6-12-23)20-38-31(37)27(19-21-9-3-1-4-10-21)33-29(35)25-13-7-8-14-26(25)30(33)36/h1-12,15-18,25-27H,13-14,19-20H2,(H,32,34)/t25-,26+,27-/m0/s1. The van der Waals surface area contributed by atoms with Crippen LogP contribution in [0.25, 0.3) is 0 Å². The molecule has 0 aromatic heterocycles. The van der Waals surface area contributed by atoms with Crippen molar-refractivity contribution < 1.29 is 28.7 Å². The van der Waals surface area contributed by atoms with Gasteiger partial charge in [-0.1, -0.05) is 60.7 Å². The smallest absolute Gasteiger partial charge is 0.330 e. The highest BCUT2D eigenvalue weighted by Gasteiger charge is 2.51. The van der Waals surface area contributed by atoms with Gasteiger partial charge in [-0.2, -0.15) is 0 Å². The fourth-order valence-corrected chi connectivity index (χ4v) is 4.91. The van der Waals surface area contributed by atoms with Gasteiger partial charge in [0.25, 0.3) is 5.91 Å². The molecule has 2 aliphatic rings. The van der Waals surface area contributed by atoms with Gasteiger partial charge in [0, 0.05) is 12.1 Å². The molecule has 0 radical (unpaired) electrons. The van der Waals surface area contributed by atoms with Crippen LogP contribution in [-0.4, -0.2) is 41.2 Å². The van der Waals surface area contributed by atoms with E-state index in [-0.39, 0.29) is 18.2 Å². The average molecular weight is 525 g/mol. The lowest BCUT2D eigenvalue weighted by atomic mass is 9.85. The quantitative estimate of drug-likeness (QED) is 0.251. The largest absolute Gasteiger partial charge is 0.457 e. The van der Waals surface area contributed by atoms with E-state index in [1.807, 2.05) is 72.8 Å². The first kappa shape index (κ1) is 25.9. The summed E-state index contributed by atoms with van der Waals surface area (Å²) in [7, 11) is 0. The summed E-state index contributed by atoms with van der Waals surface area (Å²) in [6, 6.07) is 24.0. The van der Waals surface area contributed by atoms with Crippen molar-refractivity contribution in [3.8, 4) is 11.5 Å². The number of esters is 1. The topological polar surface area (TPSA) is 102 Å². The van der Waals surface area contributed by atoms with Crippen molar-refractivity contribution in [2.75, 3.05) is 11.9 Å². The Morgan fingerprint density at radius 3 is 1.97 bits per heavy atom. The van der Waals surface area contributed by atoms with E-state index >= 15 is 0 Å². The number of nitrogens with zero attached hydrogens (tertiary/aromatic N) is 1. The number of hydrogen-bond acceptors (Lipinski definition) is 6. The first-order chi connectivity index (χ1) is 19.0. The maximum absolute atomic E-state index is 13.2. The van der Waals surface area contributed by atoms with Crippen LogP contribution in [0.3, 0.4) is 0 Å². The van der Waals surface area contributed by atoms with E-state index in [1.54, 1.807) is 24.3 Å². The van der Waals surface area contributed by atoms with Crippen LogP contribution in [0.15, 0.2) is 97.1 Å². The molecule has 1 heterocycles. The van der Waals surface area contributed by atoms with E-state index in [2.05, 4.69) is 5.32 Å².